The zero-order chi connectivity index (χ0) is 22.2. The van der Waals surface area contributed by atoms with Gasteiger partial charge < -0.3 is 10.2 Å². The van der Waals surface area contributed by atoms with Crippen molar-refractivity contribution in [1.82, 2.24) is 0 Å². The van der Waals surface area contributed by atoms with E-state index in [1.165, 1.54) is 17.7 Å². The highest BCUT2D eigenvalue weighted by Gasteiger charge is 2.34. The van der Waals surface area contributed by atoms with E-state index < -0.39 is 17.8 Å². The summed E-state index contributed by atoms with van der Waals surface area (Å²) in [6, 6.07) is 11.4. The molecular weight excluding hydrogens is 422 g/mol. The van der Waals surface area contributed by atoms with E-state index in [2.05, 4.69) is 20.8 Å². The van der Waals surface area contributed by atoms with Crippen molar-refractivity contribution in [3.63, 3.8) is 0 Å². The van der Waals surface area contributed by atoms with Crippen LogP contribution in [0.15, 0.2) is 47.4 Å². The summed E-state index contributed by atoms with van der Waals surface area (Å²) in [5.74, 6) is -3.01. The van der Waals surface area contributed by atoms with Crippen LogP contribution < -0.4 is 4.90 Å². The van der Waals surface area contributed by atoms with Crippen molar-refractivity contribution in [2.45, 2.75) is 26.2 Å². The first kappa shape index (κ1) is 21.7. The number of aromatic carboxylic acids is 2. The number of hydrogen-bond acceptors (Lipinski definition) is 5. The molecule has 0 aliphatic carbocycles. The van der Waals surface area contributed by atoms with Gasteiger partial charge in [-0.05, 0) is 40.8 Å². The SMILES string of the molecule is CC(C)(C)c1ccc(/C=C2\SC(=S)N(c3cc(C(=O)O)cc(C(=O)O)c3)C2=O)cc1. The summed E-state index contributed by atoms with van der Waals surface area (Å²) < 4.78 is 0.205. The van der Waals surface area contributed by atoms with Crippen LogP contribution in [0.5, 0.6) is 0 Å². The molecule has 1 amide bonds. The van der Waals surface area contributed by atoms with Gasteiger partial charge in [0.05, 0.1) is 21.7 Å². The Bertz CT molecular complexity index is 1070. The zero-order valence-electron chi connectivity index (χ0n) is 16.5. The normalized spacial score (nSPS) is 15.7. The number of carboxylic acid groups (broad SMARTS) is 2. The van der Waals surface area contributed by atoms with E-state index in [1.54, 1.807) is 6.08 Å². The zero-order valence-corrected chi connectivity index (χ0v) is 18.1. The quantitative estimate of drug-likeness (QED) is 0.520. The predicted octanol–water partition coefficient (Wildman–Crippen LogP) is 4.79. The summed E-state index contributed by atoms with van der Waals surface area (Å²) in [6.07, 6.45) is 1.71. The van der Waals surface area contributed by atoms with E-state index in [0.29, 0.717) is 4.91 Å². The van der Waals surface area contributed by atoms with Gasteiger partial charge in [0.15, 0.2) is 4.32 Å². The number of carbonyl (C=O) groups is 3. The maximum absolute atomic E-state index is 13.0. The van der Waals surface area contributed by atoms with Crippen LogP contribution in [-0.4, -0.2) is 32.4 Å². The van der Waals surface area contributed by atoms with Gasteiger partial charge in [0.25, 0.3) is 5.91 Å². The molecule has 8 heteroatoms. The van der Waals surface area contributed by atoms with E-state index in [0.717, 1.165) is 28.3 Å². The minimum absolute atomic E-state index is 0.0129. The van der Waals surface area contributed by atoms with Crippen molar-refractivity contribution in [3.8, 4) is 0 Å². The summed E-state index contributed by atoms with van der Waals surface area (Å²) in [5.41, 5.74) is 1.65. The fraction of sp³-hybridized carbons (Fsp3) is 0.182. The number of thioether (sulfide) groups is 1. The number of anilines is 1. The van der Waals surface area contributed by atoms with E-state index in [4.69, 9.17) is 12.2 Å². The van der Waals surface area contributed by atoms with Gasteiger partial charge in [-0.1, -0.05) is 69.0 Å². The highest BCUT2D eigenvalue weighted by Crippen LogP contribution is 2.37. The van der Waals surface area contributed by atoms with Gasteiger partial charge in [-0.3, -0.25) is 9.69 Å². The van der Waals surface area contributed by atoms with Crippen LogP contribution in [-0.2, 0) is 10.2 Å². The average Bonchev–Trinajstić information content (AvgIpc) is 2.94. The summed E-state index contributed by atoms with van der Waals surface area (Å²) >= 11 is 6.40. The Morgan fingerprint density at radius 1 is 1.00 bits per heavy atom. The molecule has 0 aromatic heterocycles. The molecule has 6 nitrogen and oxygen atoms in total. The minimum atomic E-state index is -1.29. The second-order valence-corrected chi connectivity index (χ2v) is 9.44. The highest BCUT2D eigenvalue weighted by atomic mass is 32.2. The highest BCUT2D eigenvalue weighted by molar-refractivity contribution is 8.27. The Morgan fingerprint density at radius 2 is 1.53 bits per heavy atom. The molecule has 154 valence electrons. The fourth-order valence-electron chi connectivity index (χ4n) is 2.91. The number of hydrogen-bond donors (Lipinski definition) is 2. The van der Waals surface area contributed by atoms with Crippen LogP contribution >= 0.6 is 24.0 Å². The van der Waals surface area contributed by atoms with Gasteiger partial charge in [-0.25, -0.2) is 9.59 Å². The summed E-state index contributed by atoms with van der Waals surface area (Å²) in [5, 5.41) is 18.5. The molecule has 1 aliphatic rings. The molecule has 30 heavy (non-hydrogen) atoms. The summed E-state index contributed by atoms with van der Waals surface area (Å²) in [4.78, 5) is 37.2. The van der Waals surface area contributed by atoms with Crippen molar-refractivity contribution in [2.75, 3.05) is 4.90 Å². The second kappa shape index (κ2) is 8.04. The van der Waals surface area contributed by atoms with Gasteiger partial charge in [0, 0.05) is 0 Å². The molecule has 2 aromatic carbocycles. The molecule has 0 unspecified atom stereocenters. The monoisotopic (exact) mass is 441 g/mol. The Morgan fingerprint density at radius 3 is 2.00 bits per heavy atom. The number of amides is 1. The molecular formula is C22H19NO5S2. The van der Waals surface area contributed by atoms with E-state index in [-0.39, 0.29) is 26.5 Å². The van der Waals surface area contributed by atoms with Crippen LogP contribution in [0.3, 0.4) is 0 Å². The van der Waals surface area contributed by atoms with Crippen LogP contribution in [0.1, 0.15) is 52.6 Å². The number of carboxylic acids is 2. The van der Waals surface area contributed by atoms with Crippen LogP contribution in [0, 0.1) is 0 Å². The molecule has 2 aromatic rings. The molecule has 2 N–H and O–H groups in total. The van der Waals surface area contributed by atoms with Crippen molar-refractivity contribution in [1.29, 1.82) is 0 Å². The smallest absolute Gasteiger partial charge is 0.335 e. The largest absolute Gasteiger partial charge is 0.478 e. The molecule has 1 fully saturated rings. The van der Waals surface area contributed by atoms with Crippen molar-refractivity contribution >= 4 is 57.9 Å². The molecule has 0 radical (unpaired) electrons. The first-order chi connectivity index (χ1) is 14.0. The summed E-state index contributed by atoms with van der Waals surface area (Å²) in [6.45, 7) is 6.34. The minimum Gasteiger partial charge on any atom is -0.478 e. The number of thiocarbonyl (C=S) groups is 1. The first-order valence-corrected chi connectivity index (χ1v) is 10.2. The Hall–Kier alpha value is -2.97. The lowest BCUT2D eigenvalue weighted by Crippen LogP contribution is -2.28. The molecule has 0 atom stereocenters. The lowest BCUT2D eigenvalue weighted by molar-refractivity contribution is -0.113. The topological polar surface area (TPSA) is 94.9 Å². The molecule has 0 bridgehead atoms. The molecule has 1 saturated heterocycles. The number of nitrogens with zero attached hydrogens (tertiary/aromatic N) is 1. The van der Waals surface area contributed by atoms with Gasteiger partial charge in [-0.2, -0.15) is 0 Å². The van der Waals surface area contributed by atoms with E-state index in [9.17, 15) is 24.6 Å². The lowest BCUT2D eigenvalue weighted by atomic mass is 9.87. The van der Waals surface area contributed by atoms with Crippen molar-refractivity contribution in [2.24, 2.45) is 0 Å². The van der Waals surface area contributed by atoms with Crippen molar-refractivity contribution < 1.29 is 24.6 Å². The molecule has 0 spiro atoms. The maximum Gasteiger partial charge on any atom is 0.335 e. The predicted molar refractivity (Wildman–Crippen MR) is 121 cm³/mol. The standard InChI is InChI=1S/C22H19NO5S2/c1-22(2,3)15-6-4-12(5-7-15)8-17-18(24)23(21(29)30-17)16-10-13(19(25)26)9-14(11-16)20(27)28/h4-11H,1-3H3,(H,25,26)(H,27,28)/b17-8-. The number of rotatable bonds is 4. The van der Waals surface area contributed by atoms with Crippen LogP contribution in [0.2, 0.25) is 0 Å². The third-order valence-corrected chi connectivity index (χ3v) is 5.84. The number of benzene rings is 2. The molecule has 3 rings (SSSR count). The Kier molecular flexibility index (Phi) is 5.83. The fourth-order valence-corrected chi connectivity index (χ4v) is 4.21. The lowest BCUT2D eigenvalue weighted by Gasteiger charge is -2.18. The van der Waals surface area contributed by atoms with Crippen LogP contribution in [0.25, 0.3) is 6.08 Å². The number of carbonyl (C=O) groups excluding carboxylic acids is 1. The van der Waals surface area contributed by atoms with E-state index in [1.807, 2.05) is 24.3 Å². The van der Waals surface area contributed by atoms with Crippen molar-refractivity contribution in [3.05, 3.63) is 69.6 Å². The molecule has 1 heterocycles. The Labute approximate surface area is 183 Å². The molecule has 1 aliphatic heterocycles. The van der Waals surface area contributed by atoms with E-state index >= 15 is 0 Å². The van der Waals surface area contributed by atoms with Crippen LogP contribution in [0.4, 0.5) is 5.69 Å². The van der Waals surface area contributed by atoms with Gasteiger partial charge in [0.2, 0.25) is 0 Å². The summed E-state index contributed by atoms with van der Waals surface area (Å²) in [7, 11) is 0. The maximum atomic E-state index is 13.0. The average molecular weight is 442 g/mol. The van der Waals surface area contributed by atoms with Gasteiger partial charge in [0.1, 0.15) is 0 Å². The third-order valence-electron chi connectivity index (χ3n) is 4.54. The molecule has 0 saturated carbocycles. The second-order valence-electron chi connectivity index (χ2n) is 7.77. The first-order valence-electron chi connectivity index (χ1n) is 8.97. The van der Waals surface area contributed by atoms with Gasteiger partial charge >= 0.3 is 11.9 Å². The third kappa shape index (κ3) is 4.44. The van der Waals surface area contributed by atoms with Gasteiger partial charge in [-0.15, -0.1) is 0 Å². The Balaban J connectivity index is 1.96.